The van der Waals surface area contributed by atoms with Crippen molar-refractivity contribution in [2.75, 3.05) is 25.9 Å². The summed E-state index contributed by atoms with van der Waals surface area (Å²) in [6.45, 7) is 6.75. The lowest BCUT2D eigenvalue weighted by atomic mass is 10.2. The first-order chi connectivity index (χ1) is 10.8. The van der Waals surface area contributed by atoms with Gasteiger partial charge in [0, 0.05) is 54.3 Å². The molecule has 0 N–H and O–H groups in total. The zero-order chi connectivity index (χ0) is 15.4. The third-order valence-corrected chi connectivity index (χ3v) is 5.08. The third-order valence-electron chi connectivity index (χ3n) is 4.06. The fourth-order valence-electron chi connectivity index (χ4n) is 2.94. The lowest BCUT2D eigenvalue weighted by Crippen LogP contribution is -2.19. The van der Waals surface area contributed by atoms with E-state index in [-0.39, 0.29) is 0 Å². The van der Waals surface area contributed by atoms with Crippen LogP contribution in [0.1, 0.15) is 12.8 Å². The number of aliphatic imine (C=N–C) groups is 1. The Bertz CT molecular complexity index is 687. The Balaban J connectivity index is 1.67. The van der Waals surface area contributed by atoms with Gasteiger partial charge < -0.3 is 9.47 Å². The van der Waals surface area contributed by atoms with Crippen LogP contribution >= 0.6 is 11.8 Å². The van der Waals surface area contributed by atoms with Crippen LogP contribution in [-0.2, 0) is 6.54 Å². The summed E-state index contributed by atoms with van der Waals surface area (Å²) in [5.41, 5.74) is 1.28. The van der Waals surface area contributed by atoms with Gasteiger partial charge in [0.05, 0.1) is 12.4 Å². The molecular weight excluding hydrogens is 290 g/mol. The van der Waals surface area contributed by atoms with Crippen LogP contribution < -0.4 is 0 Å². The monoisotopic (exact) mass is 313 g/mol. The molecule has 0 aliphatic carbocycles. The molecule has 0 radical (unpaired) electrons. The van der Waals surface area contributed by atoms with Gasteiger partial charge in [0.1, 0.15) is 0 Å². The first-order valence-electron chi connectivity index (χ1n) is 7.85. The summed E-state index contributed by atoms with van der Waals surface area (Å²) in [5, 5.41) is 1.33. The van der Waals surface area contributed by atoms with Crippen molar-refractivity contribution in [1.82, 2.24) is 9.47 Å². The second kappa shape index (κ2) is 7.05. The summed E-state index contributed by atoms with van der Waals surface area (Å²) in [6, 6.07) is 8.58. The van der Waals surface area contributed by atoms with E-state index in [4.69, 9.17) is 4.99 Å². The van der Waals surface area contributed by atoms with Crippen LogP contribution in [0, 0.1) is 0 Å². The van der Waals surface area contributed by atoms with E-state index in [0.29, 0.717) is 0 Å². The maximum Gasteiger partial charge on any atom is 0.0987 e. The Morgan fingerprint density at radius 2 is 2.23 bits per heavy atom. The molecule has 2 heterocycles. The van der Waals surface area contributed by atoms with Crippen LogP contribution in [0.5, 0.6) is 0 Å². The van der Waals surface area contributed by atoms with Gasteiger partial charge >= 0.3 is 0 Å². The van der Waals surface area contributed by atoms with Crippen molar-refractivity contribution in [2.24, 2.45) is 4.99 Å². The number of amidine groups is 1. The van der Waals surface area contributed by atoms with Crippen molar-refractivity contribution in [3.63, 3.8) is 0 Å². The molecule has 3 rings (SSSR count). The van der Waals surface area contributed by atoms with Crippen molar-refractivity contribution >= 4 is 28.5 Å². The largest absolute Gasteiger partial charge is 0.363 e. The summed E-state index contributed by atoms with van der Waals surface area (Å²) < 4.78 is 2.27. The topological polar surface area (TPSA) is 20.5 Å². The Morgan fingerprint density at radius 1 is 1.36 bits per heavy atom. The van der Waals surface area contributed by atoms with Crippen LogP contribution in [-0.4, -0.2) is 41.2 Å². The molecule has 0 atom stereocenters. The van der Waals surface area contributed by atoms with Crippen LogP contribution in [0.25, 0.3) is 10.9 Å². The zero-order valence-electron chi connectivity index (χ0n) is 13.2. The summed E-state index contributed by atoms with van der Waals surface area (Å²) in [5.74, 6) is 2.30. The number of likely N-dealkylation sites (tertiary alicyclic amines) is 1. The average Bonchev–Trinajstić information content (AvgIpc) is 3.09. The Labute approximate surface area is 136 Å². The van der Waals surface area contributed by atoms with Gasteiger partial charge in [0.2, 0.25) is 0 Å². The molecule has 0 amide bonds. The number of benzene rings is 1. The number of allylic oxidation sites excluding steroid dienone is 1. The van der Waals surface area contributed by atoms with Gasteiger partial charge in [0.25, 0.3) is 0 Å². The molecule has 0 spiro atoms. The highest BCUT2D eigenvalue weighted by molar-refractivity contribution is 7.99. The molecule has 2 aromatic rings. The van der Waals surface area contributed by atoms with Crippen LogP contribution in [0.3, 0.4) is 0 Å². The second-order valence-corrected chi connectivity index (χ2v) is 6.76. The van der Waals surface area contributed by atoms with Crippen molar-refractivity contribution in [1.29, 1.82) is 0 Å². The second-order valence-electron chi connectivity index (χ2n) is 5.62. The van der Waals surface area contributed by atoms with Gasteiger partial charge in [-0.2, -0.15) is 0 Å². The van der Waals surface area contributed by atoms with E-state index in [1.54, 1.807) is 0 Å². The molecule has 1 aliphatic heterocycles. The van der Waals surface area contributed by atoms with Gasteiger partial charge in [-0.15, -0.1) is 18.3 Å². The highest BCUT2D eigenvalue weighted by Gasteiger charge is 2.13. The molecule has 4 heteroatoms. The number of nitrogens with zero attached hydrogens (tertiary/aromatic N) is 3. The fraction of sp³-hybridized carbons (Fsp3) is 0.389. The van der Waals surface area contributed by atoms with Crippen LogP contribution in [0.2, 0.25) is 0 Å². The number of fused-ring (bicyclic) bond motifs is 1. The van der Waals surface area contributed by atoms with E-state index in [1.807, 2.05) is 17.8 Å². The molecule has 1 aromatic heterocycles. The summed E-state index contributed by atoms with van der Waals surface area (Å²) in [7, 11) is 2.14. The first kappa shape index (κ1) is 15.2. The number of hydrogen-bond donors (Lipinski definition) is 0. The predicted octanol–water partition coefficient (Wildman–Crippen LogP) is 4.04. The minimum Gasteiger partial charge on any atom is -0.363 e. The Morgan fingerprint density at radius 3 is 3.00 bits per heavy atom. The molecule has 1 fully saturated rings. The molecular formula is C18H23N3S. The van der Waals surface area contributed by atoms with Gasteiger partial charge in [-0.05, 0) is 12.5 Å². The van der Waals surface area contributed by atoms with Crippen molar-refractivity contribution in [3.05, 3.63) is 43.1 Å². The Kier molecular flexibility index (Phi) is 4.88. The SMILES string of the molecule is C=CCn1cc(SCC/N=C2\CCCN2C)c2ccccc21. The summed E-state index contributed by atoms with van der Waals surface area (Å²) in [4.78, 5) is 8.36. The van der Waals surface area contributed by atoms with E-state index in [1.165, 1.54) is 28.1 Å². The van der Waals surface area contributed by atoms with E-state index in [0.717, 1.165) is 31.8 Å². The number of rotatable bonds is 6. The van der Waals surface area contributed by atoms with Gasteiger partial charge in [0.15, 0.2) is 0 Å². The van der Waals surface area contributed by atoms with Gasteiger partial charge in [-0.1, -0.05) is 24.3 Å². The molecule has 0 bridgehead atoms. The minimum atomic E-state index is 0.855. The number of hydrogen-bond acceptors (Lipinski definition) is 2. The van der Waals surface area contributed by atoms with Gasteiger partial charge in [-0.3, -0.25) is 4.99 Å². The number of thioether (sulfide) groups is 1. The average molecular weight is 313 g/mol. The maximum atomic E-state index is 4.74. The van der Waals surface area contributed by atoms with Crippen molar-refractivity contribution in [3.8, 4) is 0 Å². The van der Waals surface area contributed by atoms with E-state index in [2.05, 4.69) is 53.6 Å². The molecule has 1 saturated heterocycles. The molecule has 116 valence electrons. The molecule has 3 nitrogen and oxygen atoms in total. The Hall–Kier alpha value is -1.68. The van der Waals surface area contributed by atoms with E-state index < -0.39 is 0 Å². The van der Waals surface area contributed by atoms with Crippen molar-refractivity contribution < 1.29 is 0 Å². The first-order valence-corrected chi connectivity index (χ1v) is 8.84. The zero-order valence-corrected chi connectivity index (χ0v) is 14.0. The molecule has 1 aliphatic rings. The summed E-state index contributed by atoms with van der Waals surface area (Å²) in [6.07, 6.45) is 6.58. The predicted molar refractivity (Wildman–Crippen MR) is 97.0 cm³/mol. The van der Waals surface area contributed by atoms with E-state index in [9.17, 15) is 0 Å². The van der Waals surface area contributed by atoms with Crippen LogP contribution in [0.15, 0.2) is 53.0 Å². The quantitative estimate of drug-likeness (QED) is 0.456. The van der Waals surface area contributed by atoms with Crippen molar-refractivity contribution in [2.45, 2.75) is 24.3 Å². The maximum absolute atomic E-state index is 4.74. The number of aromatic nitrogens is 1. The highest BCUT2D eigenvalue weighted by atomic mass is 32.2. The number of para-hydroxylation sites is 1. The standard InChI is InChI=1S/C18H23N3S/c1-3-11-21-14-17(15-7-4-5-8-16(15)21)22-13-10-19-18-9-6-12-20(18)2/h3-5,7-8,14H,1,6,9-13H2,2H3/b19-18+. The minimum absolute atomic E-state index is 0.855. The van der Waals surface area contributed by atoms with Gasteiger partial charge in [-0.25, -0.2) is 0 Å². The van der Waals surface area contributed by atoms with Crippen LogP contribution in [0.4, 0.5) is 0 Å². The summed E-state index contributed by atoms with van der Waals surface area (Å²) >= 11 is 1.90. The highest BCUT2D eigenvalue weighted by Crippen LogP contribution is 2.30. The molecule has 22 heavy (non-hydrogen) atoms. The molecule has 0 saturated carbocycles. The third kappa shape index (κ3) is 3.22. The lowest BCUT2D eigenvalue weighted by molar-refractivity contribution is 0.548. The normalized spacial score (nSPS) is 16.8. The van der Waals surface area contributed by atoms with E-state index >= 15 is 0 Å². The molecule has 1 aromatic carbocycles. The fourth-order valence-corrected chi connectivity index (χ4v) is 3.87. The lowest BCUT2D eigenvalue weighted by Gasteiger charge is -2.10. The smallest absolute Gasteiger partial charge is 0.0987 e. The molecule has 0 unspecified atom stereocenters.